The van der Waals surface area contributed by atoms with Crippen molar-refractivity contribution in [1.82, 2.24) is 9.97 Å². The molecule has 2 aromatic rings. The largest absolute Gasteiger partial charge is 0.383 e. The van der Waals surface area contributed by atoms with Crippen molar-refractivity contribution in [3.63, 3.8) is 0 Å². The third kappa shape index (κ3) is 2.88. The maximum absolute atomic E-state index is 14.1. The van der Waals surface area contributed by atoms with Crippen LogP contribution in [-0.4, -0.2) is 9.97 Å². The lowest BCUT2D eigenvalue weighted by Crippen LogP contribution is -2.18. The molecule has 0 saturated carbocycles. The number of halogens is 3. The first-order chi connectivity index (χ1) is 9.21. The number of anilines is 1. The summed E-state index contributed by atoms with van der Waals surface area (Å²) in [7, 11) is 0. The molecule has 1 aromatic heterocycles. The van der Waals surface area contributed by atoms with E-state index in [1.165, 1.54) is 6.07 Å². The number of benzene rings is 1. The lowest BCUT2D eigenvalue weighted by molar-refractivity contribution is 0.563. The first kappa shape index (κ1) is 15.4. The minimum atomic E-state index is -0.533. The van der Waals surface area contributed by atoms with E-state index in [-0.39, 0.29) is 21.8 Å². The molecule has 2 N–H and O–H groups in total. The summed E-state index contributed by atoms with van der Waals surface area (Å²) in [5, 5.41) is 0.0422. The SMILES string of the molecule is CC(C)(C)c1nc(-c2cccc(Cl)c2F)nc(N)c1I. The molecule has 0 saturated heterocycles. The lowest BCUT2D eigenvalue weighted by atomic mass is 9.91. The van der Waals surface area contributed by atoms with Crippen LogP contribution in [0, 0.1) is 9.39 Å². The highest BCUT2D eigenvalue weighted by Gasteiger charge is 2.23. The van der Waals surface area contributed by atoms with Crippen LogP contribution in [0.1, 0.15) is 26.5 Å². The van der Waals surface area contributed by atoms with Gasteiger partial charge in [0, 0.05) is 5.41 Å². The second-order valence-electron chi connectivity index (χ2n) is 5.45. The number of nitrogens with two attached hydrogens (primary N) is 1. The molecular formula is C14H14ClFIN3. The third-order valence-corrected chi connectivity index (χ3v) is 4.14. The van der Waals surface area contributed by atoms with Crippen LogP contribution >= 0.6 is 34.2 Å². The first-order valence-electron chi connectivity index (χ1n) is 5.99. The lowest BCUT2D eigenvalue weighted by Gasteiger charge is -2.21. The second-order valence-corrected chi connectivity index (χ2v) is 6.93. The average molecular weight is 406 g/mol. The van der Waals surface area contributed by atoms with Gasteiger partial charge < -0.3 is 5.73 Å². The van der Waals surface area contributed by atoms with E-state index in [9.17, 15) is 4.39 Å². The second kappa shape index (κ2) is 5.44. The van der Waals surface area contributed by atoms with Crippen LogP contribution in [0.4, 0.5) is 10.2 Å². The minimum Gasteiger partial charge on any atom is -0.383 e. The molecule has 2 rings (SSSR count). The molecule has 106 valence electrons. The molecule has 0 unspecified atom stereocenters. The standard InChI is InChI=1S/C14H14ClFIN3/c1-14(2,3)11-10(17)12(18)20-13(19-11)7-5-4-6-8(15)9(7)16/h4-6H,1-3H3,(H2,18,19,20). The summed E-state index contributed by atoms with van der Waals surface area (Å²) in [5.41, 5.74) is 6.77. The topological polar surface area (TPSA) is 51.8 Å². The van der Waals surface area contributed by atoms with Crippen molar-refractivity contribution in [1.29, 1.82) is 0 Å². The summed E-state index contributed by atoms with van der Waals surface area (Å²) in [6.07, 6.45) is 0. The van der Waals surface area contributed by atoms with Crippen molar-refractivity contribution in [2.24, 2.45) is 0 Å². The smallest absolute Gasteiger partial charge is 0.164 e. The number of hydrogen-bond donors (Lipinski definition) is 1. The fourth-order valence-electron chi connectivity index (χ4n) is 1.76. The maximum Gasteiger partial charge on any atom is 0.164 e. The van der Waals surface area contributed by atoms with E-state index in [2.05, 4.69) is 32.6 Å². The van der Waals surface area contributed by atoms with Gasteiger partial charge in [-0.05, 0) is 34.7 Å². The molecule has 0 spiro atoms. The van der Waals surface area contributed by atoms with E-state index < -0.39 is 5.82 Å². The van der Waals surface area contributed by atoms with E-state index in [0.29, 0.717) is 5.82 Å². The molecule has 0 atom stereocenters. The van der Waals surface area contributed by atoms with Crippen molar-refractivity contribution in [3.05, 3.63) is 38.3 Å². The van der Waals surface area contributed by atoms with E-state index in [4.69, 9.17) is 17.3 Å². The minimum absolute atomic E-state index is 0.0422. The summed E-state index contributed by atoms with van der Waals surface area (Å²) in [5.74, 6) is 0.0716. The highest BCUT2D eigenvalue weighted by molar-refractivity contribution is 14.1. The van der Waals surface area contributed by atoms with Gasteiger partial charge in [0.25, 0.3) is 0 Å². The zero-order valence-corrected chi connectivity index (χ0v) is 14.3. The maximum atomic E-state index is 14.1. The average Bonchev–Trinajstić information content (AvgIpc) is 2.34. The Kier molecular flexibility index (Phi) is 4.20. The highest BCUT2D eigenvalue weighted by atomic mass is 127. The Hall–Kier alpha value is -0.950. The Bertz CT molecular complexity index is 668. The predicted octanol–water partition coefficient (Wildman–Crippen LogP) is 4.42. The number of nitrogens with zero attached hydrogens (tertiary/aromatic N) is 2. The van der Waals surface area contributed by atoms with Gasteiger partial charge in [-0.2, -0.15) is 0 Å². The Morgan fingerprint density at radius 1 is 1.25 bits per heavy atom. The van der Waals surface area contributed by atoms with Crippen LogP contribution in [0.15, 0.2) is 18.2 Å². The van der Waals surface area contributed by atoms with Crippen molar-refractivity contribution < 1.29 is 4.39 Å². The molecule has 0 radical (unpaired) electrons. The van der Waals surface area contributed by atoms with Crippen molar-refractivity contribution >= 4 is 40.0 Å². The normalized spacial score (nSPS) is 11.7. The van der Waals surface area contributed by atoms with E-state index in [1.807, 2.05) is 20.8 Å². The van der Waals surface area contributed by atoms with Gasteiger partial charge in [0.1, 0.15) is 5.82 Å². The Balaban J connectivity index is 2.71. The third-order valence-electron chi connectivity index (χ3n) is 2.78. The first-order valence-corrected chi connectivity index (χ1v) is 7.45. The zero-order valence-electron chi connectivity index (χ0n) is 11.3. The van der Waals surface area contributed by atoms with Gasteiger partial charge in [0.2, 0.25) is 0 Å². The molecule has 0 aliphatic carbocycles. The fraction of sp³-hybridized carbons (Fsp3) is 0.286. The molecule has 0 aliphatic heterocycles. The van der Waals surface area contributed by atoms with Gasteiger partial charge in [-0.1, -0.05) is 38.4 Å². The van der Waals surface area contributed by atoms with Crippen molar-refractivity contribution in [2.45, 2.75) is 26.2 Å². The van der Waals surface area contributed by atoms with Gasteiger partial charge in [0.05, 0.1) is 19.9 Å². The molecule has 6 heteroatoms. The van der Waals surface area contributed by atoms with Gasteiger partial charge in [-0.3, -0.25) is 0 Å². The molecule has 3 nitrogen and oxygen atoms in total. The van der Waals surface area contributed by atoms with Gasteiger partial charge in [0.15, 0.2) is 11.6 Å². The molecule has 0 amide bonds. The summed E-state index contributed by atoms with van der Waals surface area (Å²) in [6.45, 7) is 6.07. The predicted molar refractivity (Wildman–Crippen MR) is 88.3 cm³/mol. The van der Waals surface area contributed by atoms with Crippen LogP contribution in [-0.2, 0) is 5.41 Å². The van der Waals surface area contributed by atoms with E-state index >= 15 is 0 Å². The summed E-state index contributed by atoms with van der Waals surface area (Å²) < 4.78 is 14.9. The number of nitrogen functional groups attached to an aromatic ring is 1. The van der Waals surface area contributed by atoms with E-state index in [0.717, 1.165) is 9.26 Å². The van der Waals surface area contributed by atoms with Crippen LogP contribution in [0.5, 0.6) is 0 Å². The Morgan fingerprint density at radius 2 is 1.90 bits per heavy atom. The van der Waals surface area contributed by atoms with Crippen molar-refractivity contribution in [2.75, 3.05) is 5.73 Å². The Morgan fingerprint density at radius 3 is 2.50 bits per heavy atom. The zero-order chi connectivity index (χ0) is 15.1. The van der Waals surface area contributed by atoms with Gasteiger partial charge in [-0.25, -0.2) is 14.4 Å². The molecule has 1 heterocycles. The van der Waals surface area contributed by atoms with Crippen LogP contribution in [0.3, 0.4) is 0 Å². The fourth-order valence-corrected chi connectivity index (χ4v) is 2.98. The molecule has 0 aliphatic rings. The molecule has 0 fully saturated rings. The summed E-state index contributed by atoms with van der Waals surface area (Å²) in [6, 6.07) is 4.74. The Labute approximate surface area is 135 Å². The molecule has 0 bridgehead atoms. The van der Waals surface area contributed by atoms with Gasteiger partial charge >= 0.3 is 0 Å². The van der Waals surface area contributed by atoms with Gasteiger partial charge in [-0.15, -0.1) is 0 Å². The summed E-state index contributed by atoms with van der Waals surface area (Å²) in [4.78, 5) is 8.66. The van der Waals surface area contributed by atoms with Crippen LogP contribution in [0.2, 0.25) is 5.02 Å². The highest BCUT2D eigenvalue weighted by Crippen LogP contribution is 2.32. The monoisotopic (exact) mass is 405 g/mol. The van der Waals surface area contributed by atoms with E-state index in [1.54, 1.807) is 12.1 Å². The number of hydrogen-bond acceptors (Lipinski definition) is 3. The molecule has 20 heavy (non-hydrogen) atoms. The number of aromatic nitrogens is 2. The number of rotatable bonds is 1. The van der Waals surface area contributed by atoms with Crippen LogP contribution in [0.25, 0.3) is 11.4 Å². The molecular weight excluding hydrogens is 392 g/mol. The molecule has 1 aromatic carbocycles. The van der Waals surface area contributed by atoms with Crippen molar-refractivity contribution in [3.8, 4) is 11.4 Å². The quantitative estimate of drug-likeness (QED) is 0.715. The summed E-state index contributed by atoms with van der Waals surface area (Å²) >= 11 is 7.91. The van der Waals surface area contributed by atoms with Crippen LogP contribution < -0.4 is 5.73 Å².